The molecule has 1 aromatic heterocycles. The van der Waals surface area contributed by atoms with E-state index in [1.165, 1.54) is 23.9 Å². The van der Waals surface area contributed by atoms with Crippen molar-refractivity contribution >= 4 is 11.8 Å². The van der Waals surface area contributed by atoms with Crippen LogP contribution in [0.25, 0.3) is 0 Å². The van der Waals surface area contributed by atoms with Gasteiger partial charge in [-0.3, -0.25) is 5.10 Å². The van der Waals surface area contributed by atoms with Crippen LogP contribution >= 0.6 is 11.8 Å². The van der Waals surface area contributed by atoms with Crippen molar-refractivity contribution in [2.75, 3.05) is 5.75 Å². The number of alkyl halides is 3. The normalized spacial score (nSPS) is 13.4. The molecule has 1 atom stereocenters. The predicted molar refractivity (Wildman–Crippen MR) is 70.2 cm³/mol. The fourth-order valence-corrected chi connectivity index (χ4v) is 2.54. The van der Waals surface area contributed by atoms with Gasteiger partial charge in [-0.25, -0.2) is 4.98 Å². The van der Waals surface area contributed by atoms with E-state index in [0.717, 1.165) is 6.07 Å². The second kappa shape index (κ2) is 5.84. The summed E-state index contributed by atoms with van der Waals surface area (Å²) in [5.74, 6) is 0.918. The summed E-state index contributed by atoms with van der Waals surface area (Å²) in [6, 6.07) is 4.60. The zero-order valence-electron chi connectivity index (χ0n) is 10.6. The van der Waals surface area contributed by atoms with Gasteiger partial charge in [0.1, 0.15) is 5.82 Å². The predicted octanol–water partition coefficient (Wildman–Crippen LogP) is 2.92. The lowest BCUT2D eigenvalue weighted by Crippen LogP contribution is -2.19. The van der Waals surface area contributed by atoms with E-state index in [4.69, 9.17) is 5.73 Å². The molecule has 20 heavy (non-hydrogen) atoms. The highest BCUT2D eigenvalue weighted by Crippen LogP contribution is 2.35. The van der Waals surface area contributed by atoms with E-state index in [-0.39, 0.29) is 11.3 Å². The highest BCUT2D eigenvalue weighted by Gasteiger charge is 2.34. The van der Waals surface area contributed by atoms with Crippen molar-refractivity contribution in [2.24, 2.45) is 5.73 Å². The van der Waals surface area contributed by atoms with Crippen LogP contribution in [0.3, 0.4) is 0 Å². The molecule has 0 aliphatic heterocycles. The zero-order valence-corrected chi connectivity index (χ0v) is 11.4. The summed E-state index contributed by atoms with van der Waals surface area (Å²) >= 11 is 1.22. The minimum absolute atomic E-state index is 0.0831. The number of rotatable bonds is 4. The van der Waals surface area contributed by atoms with E-state index >= 15 is 0 Å². The van der Waals surface area contributed by atoms with Crippen molar-refractivity contribution in [2.45, 2.75) is 24.3 Å². The van der Waals surface area contributed by atoms with Crippen LogP contribution in [0.1, 0.15) is 23.0 Å². The molecular weight excluding hydrogens is 289 g/mol. The lowest BCUT2D eigenvalue weighted by molar-refractivity contribution is -0.138. The second-order valence-electron chi connectivity index (χ2n) is 4.21. The number of aromatic amines is 1. The molecule has 0 radical (unpaired) electrons. The number of nitrogens with one attached hydrogen (secondary N) is 1. The molecule has 0 fully saturated rings. The van der Waals surface area contributed by atoms with Gasteiger partial charge in [0.15, 0.2) is 0 Å². The Morgan fingerprint density at radius 1 is 1.35 bits per heavy atom. The molecule has 0 spiro atoms. The van der Waals surface area contributed by atoms with Crippen molar-refractivity contribution in [3.05, 3.63) is 41.2 Å². The molecule has 0 saturated heterocycles. The third-order valence-corrected chi connectivity index (χ3v) is 3.60. The number of hydrogen-bond donors (Lipinski definition) is 2. The van der Waals surface area contributed by atoms with Crippen molar-refractivity contribution in [1.29, 1.82) is 0 Å². The molecule has 2 aromatic rings. The first-order chi connectivity index (χ1) is 9.38. The summed E-state index contributed by atoms with van der Waals surface area (Å²) in [6.07, 6.45) is -4.40. The maximum absolute atomic E-state index is 12.9. The molecule has 0 amide bonds. The molecule has 108 valence electrons. The number of thioether (sulfide) groups is 1. The molecule has 3 N–H and O–H groups in total. The van der Waals surface area contributed by atoms with E-state index in [2.05, 4.69) is 15.2 Å². The lowest BCUT2D eigenvalue weighted by atomic mass is 10.0. The third-order valence-electron chi connectivity index (χ3n) is 2.63. The van der Waals surface area contributed by atoms with E-state index in [1.54, 1.807) is 13.0 Å². The van der Waals surface area contributed by atoms with Gasteiger partial charge in [0.2, 0.25) is 5.16 Å². The SMILES string of the molecule is Cc1nc(SCC(N)c2ccccc2C(F)(F)F)n[nH]1. The molecule has 0 saturated carbocycles. The number of hydrogen-bond acceptors (Lipinski definition) is 4. The summed E-state index contributed by atoms with van der Waals surface area (Å²) in [5, 5.41) is 7.04. The lowest BCUT2D eigenvalue weighted by Gasteiger charge is -2.17. The maximum Gasteiger partial charge on any atom is 0.416 e. The molecule has 0 aliphatic carbocycles. The van der Waals surface area contributed by atoms with E-state index in [1.807, 2.05) is 0 Å². The molecule has 8 heteroatoms. The minimum atomic E-state index is -4.40. The van der Waals surface area contributed by atoms with Crippen molar-refractivity contribution < 1.29 is 13.2 Å². The Morgan fingerprint density at radius 3 is 2.65 bits per heavy atom. The Labute approximate surface area is 118 Å². The summed E-state index contributed by atoms with van der Waals surface area (Å²) in [6.45, 7) is 1.75. The Bertz CT molecular complexity index is 582. The number of benzene rings is 1. The van der Waals surface area contributed by atoms with Crippen LogP contribution < -0.4 is 5.73 Å². The Hall–Kier alpha value is -1.54. The van der Waals surface area contributed by atoms with Crippen molar-refractivity contribution in [3.63, 3.8) is 0 Å². The molecule has 1 aromatic carbocycles. The fourth-order valence-electron chi connectivity index (χ4n) is 1.72. The molecule has 1 heterocycles. The van der Waals surface area contributed by atoms with Crippen molar-refractivity contribution in [3.8, 4) is 0 Å². The van der Waals surface area contributed by atoms with E-state index in [9.17, 15) is 13.2 Å². The molecule has 4 nitrogen and oxygen atoms in total. The van der Waals surface area contributed by atoms with Gasteiger partial charge in [0.05, 0.1) is 5.56 Å². The maximum atomic E-state index is 12.9. The van der Waals surface area contributed by atoms with Crippen LogP contribution in [0, 0.1) is 6.92 Å². The Kier molecular flexibility index (Phi) is 4.34. The van der Waals surface area contributed by atoms with Crippen molar-refractivity contribution in [1.82, 2.24) is 15.2 Å². The first-order valence-corrected chi connectivity index (χ1v) is 6.80. The third kappa shape index (κ3) is 3.51. The summed E-state index contributed by atoms with van der Waals surface area (Å²) in [7, 11) is 0. The molecule has 0 aliphatic rings. The van der Waals surface area contributed by atoms with Gasteiger partial charge < -0.3 is 5.73 Å². The van der Waals surface area contributed by atoms with Gasteiger partial charge in [-0.1, -0.05) is 30.0 Å². The van der Waals surface area contributed by atoms with Crippen LogP contribution in [0.5, 0.6) is 0 Å². The van der Waals surface area contributed by atoms with Gasteiger partial charge in [0, 0.05) is 11.8 Å². The van der Waals surface area contributed by atoms with Crippen LogP contribution in [0.2, 0.25) is 0 Å². The van der Waals surface area contributed by atoms with Gasteiger partial charge >= 0.3 is 6.18 Å². The van der Waals surface area contributed by atoms with Gasteiger partial charge in [0.25, 0.3) is 0 Å². The first-order valence-electron chi connectivity index (χ1n) is 5.81. The minimum Gasteiger partial charge on any atom is -0.323 e. The molecule has 1 unspecified atom stereocenters. The quantitative estimate of drug-likeness (QED) is 0.852. The highest BCUT2D eigenvalue weighted by atomic mass is 32.2. The summed E-state index contributed by atoms with van der Waals surface area (Å²) < 4.78 is 38.6. The average Bonchev–Trinajstić information content (AvgIpc) is 2.81. The monoisotopic (exact) mass is 302 g/mol. The smallest absolute Gasteiger partial charge is 0.323 e. The topological polar surface area (TPSA) is 67.6 Å². The number of halogens is 3. The molecular formula is C12H13F3N4S. The van der Waals surface area contributed by atoms with Gasteiger partial charge in [-0.2, -0.15) is 13.2 Å². The van der Waals surface area contributed by atoms with Gasteiger partial charge in [-0.15, -0.1) is 5.10 Å². The van der Waals surface area contributed by atoms with E-state index < -0.39 is 17.8 Å². The molecule has 2 rings (SSSR count). The Balaban J connectivity index is 2.11. The number of aryl methyl sites for hydroxylation is 1. The van der Waals surface area contributed by atoms with Crippen LogP contribution in [-0.4, -0.2) is 20.9 Å². The fraction of sp³-hybridized carbons (Fsp3) is 0.333. The molecule has 0 bridgehead atoms. The Morgan fingerprint density at radius 2 is 2.05 bits per heavy atom. The second-order valence-corrected chi connectivity index (χ2v) is 5.19. The highest BCUT2D eigenvalue weighted by molar-refractivity contribution is 7.99. The standard InChI is InChI=1S/C12H13F3N4S/c1-7-17-11(19-18-7)20-6-10(16)8-4-2-3-5-9(8)12(13,14)15/h2-5,10H,6,16H2,1H3,(H,17,18,19). The number of H-pyrrole nitrogens is 1. The summed E-state index contributed by atoms with van der Waals surface area (Å²) in [4.78, 5) is 4.07. The average molecular weight is 302 g/mol. The number of nitrogens with two attached hydrogens (primary N) is 1. The first kappa shape index (κ1) is 14.9. The zero-order chi connectivity index (χ0) is 14.8. The number of aromatic nitrogens is 3. The van der Waals surface area contributed by atoms with Crippen LogP contribution in [0.4, 0.5) is 13.2 Å². The van der Waals surface area contributed by atoms with Crippen LogP contribution in [0.15, 0.2) is 29.4 Å². The summed E-state index contributed by atoms with van der Waals surface area (Å²) in [5.41, 5.74) is 5.25. The number of nitrogens with zero attached hydrogens (tertiary/aromatic N) is 2. The van der Waals surface area contributed by atoms with Gasteiger partial charge in [-0.05, 0) is 18.6 Å². The van der Waals surface area contributed by atoms with E-state index in [0.29, 0.717) is 11.0 Å². The van der Waals surface area contributed by atoms with Crippen LogP contribution in [-0.2, 0) is 6.18 Å². The largest absolute Gasteiger partial charge is 0.416 e.